The predicted molar refractivity (Wildman–Crippen MR) is 86.2 cm³/mol. The highest BCUT2D eigenvalue weighted by molar-refractivity contribution is 7.90. The fourth-order valence-electron chi connectivity index (χ4n) is 2.89. The summed E-state index contributed by atoms with van der Waals surface area (Å²) < 4.78 is 32.5. The Morgan fingerprint density at radius 3 is 2.61 bits per heavy atom. The molecule has 118 valence electrons. The van der Waals surface area contributed by atoms with Gasteiger partial charge in [-0.2, -0.15) is 0 Å². The lowest BCUT2D eigenvalue weighted by Gasteiger charge is -2.09. The maximum absolute atomic E-state index is 12.9. The number of rotatable bonds is 2. The molecule has 1 unspecified atom stereocenters. The summed E-state index contributed by atoms with van der Waals surface area (Å²) in [6.45, 7) is 2.11. The third-order valence-corrected chi connectivity index (χ3v) is 5.84. The van der Waals surface area contributed by atoms with E-state index in [9.17, 15) is 13.5 Å². The molecule has 0 saturated carbocycles. The van der Waals surface area contributed by atoms with E-state index in [1.807, 2.05) is 6.92 Å². The van der Waals surface area contributed by atoms with E-state index in [2.05, 4.69) is 0 Å². The lowest BCUT2D eigenvalue weighted by molar-refractivity contribution is 0.141. The molecule has 1 aromatic heterocycles. The zero-order valence-electron chi connectivity index (χ0n) is 12.4. The number of fused-ring (bicyclic) bond motifs is 3. The number of ether oxygens (including phenoxy) is 1. The van der Waals surface area contributed by atoms with Crippen LogP contribution in [-0.2, 0) is 10.0 Å². The average molecular weight is 329 g/mol. The molecule has 0 radical (unpaired) electrons. The van der Waals surface area contributed by atoms with Crippen LogP contribution in [-0.4, -0.2) is 24.1 Å². The molecule has 1 aliphatic heterocycles. The Hall–Kier alpha value is -2.31. The van der Waals surface area contributed by atoms with Crippen molar-refractivity contribution in [1.29, 1.82) is 0 Å². The van der Waals surface area contributed by atoms with Gasteiger partial charge in [-0.05, 0) is 31.2 Å². The summed E-state index contributed by atoms with van der Waals surface area (Å²) in [7, 11) is -3.67. The van der Waals surface area contributed by atoms with Gasteiger partial charge in [0.25, 0.3) is 10.0 Å². The van der Waals surface area contributed by atoms with E-state index < -0.39 is 16.1 Å². The maximum Gasteiger partial charge on any atom is 0.268 e. The highest BCUT2D eigenvalue weighted by atomic mass is 32.2. The summed E-state index contributed by atoms with van der Waals surface area (Å²) in [5, 5.41) is 10.6. The number of aromatic nitrogens is 1. The highest BCUT2D eigenvalue weighted by Crippen LogP contribution is 2.39. The molecular weight excluding hydrogens is 314 g/mol. The molecule has 2 heterocycles. The Labute approximate surface area is 133 Å². The maximum atomic E-state index is 12.9. The zero-order valence-corrected chi connectivity index (χ0v) is 13.2. The van der Waals surface area contributed by atoms with Crippen molar-refractivity contribution in [2.75, 3.05) is 6.61 Å². The number of aryl methyl sites for hydroxylation is 1. The van der Waals surface area contributed by atoms with Crippen LogP contribution in [0.3, 0.4) is 0 Å². The molecule has 4 rings (SSSR count). The molecule has 23 heavy (non-hydrogen) atoms. The second-order valence-electron chi connectivity index (χ2n) is 5.67. The number of aliphatic hydroxyl groups is 1. The molecule has 6 heteroatoms. The smallest absolute Gasteiger partial charge is 0.268 e. The Morgan fingerprint density at radius 2 is 1.87 bits per heavy atom. The van der Waals surface area contributed by atoms with E-state index in [0.717, 1.165) is 5.56 Å². The molecule has 0 amide bonds. The van der Waals surface area contributed by atoms with Crippen LogP contribution in [0.4, 0.5) is 0 Å². The Morgan fingerprint density at radius 1 is 1.13 bits per heavy atom. The van der Waals surface area contributed by atoms with Gasteiger partial charge in [-0.3, -0.25) is 0 Å². The predicted octanol–water partition coefficient (Wildman–Crippen LogP) is 2.61. The molecule has 0 spiro atoms. The quantitative estimate of drug-likeness (QED) is 0.785. The van der Waals surface area contributed by atoms with Crippen LogP contribution in [0.5, 0.6) is 5.75 Å². The van der Waals surface area contributed by atoms with Gasteiger partial charge < -0.3 is 9.84 Å². The van der Waals surface area contributed by atoms with Crippen molar-refractivity contribution in [2.24, 2.45) is 0 Å². The van der Waals surface area contributed by atoms with Crippen molar-refractivity contribution < 1.29 is 18.3 Å². The van der Waals surface area contributed by atoms with Gasteiger partial charge in [-0.1, -0.05) is 23.8 Å². The summed E-state index contributed by atoms with van der Waals surface area (Å²) in [6, 6.07) is 11.9. The third kappa shape index (κ3) is 2.06. The Balaban J connectivity index is 1.92. The van der Waals surface area contributed by atoms with Gasteiger partial charge in [-0.25, -0.2) is 12.4 Å². The van der Waals surface area contributed by atoms with Crippen molar-refractivity contribution >= 4 is 20.9 Å². The van der Waals surface area contributed by atoms with E-state index in [0.29, 0.717) is 22.2 Å². The van der Waals surface area contributed by atoms with E-state index in [-0.39, 0.29) is 11.5 Å². The van der Waals surface area contributed by atoms with Crippen LogP contribution >= 0.6 is 0 Å². The standard InChI is InChI=1S/C17H15NO4S/c1-11-2-4-12(5-3-11)23(20,21)18-9-8-13-15(18)7-6-14-16(19)10-22-17(13)14/h2-9,16,19H,10H2,1H3. The van der Waals surface area contributed by atoms with Crippen molar-refractivity contribution in [3.05, 3.63) is 59.8 Å². The zero-order chi connectivity index (χ0) is 16.2. The first-order valence-corrected chi connectivity index (χ1v) is 8.69. The van der Waals surface area contributed by atoms with Gasteiger partial charge in [0.05, 0.1) is 10.4 Å². The topological polar surface area (TPSA) is 68.5 Å². The van der Waals surface area contributed by atoms with Gasteiger partial charge in [0.1, 0.15) is 18.5 Å². The van der Waals surface area contributed by atoms with Gasteiger partial charge in [0, 0.05) is 17.1 Å². The van der Waals surface area contributed by atoms with Gasteiger partial charge >= 0.3 is 0 Å². The minimum absolute atomic E-state index is 0.199. The Kier molecular flexibility index (Phi) is 3.01. The first kappa shape index (κ1) is 14.3. The molecule has 1 aliphatic rings. The fourth-order valence-corrected chi connectivity index (χ4v) is 4.24. The molecule has 1 atom stereocenters. The van der Waals surface area contributed by atoms with Crippen molar-refractivity contribution in [3.8, 4) is 5.75 Å². The second-order valence-corrected chi connectivity index (χ2v) is 7.49. The summed E-state index contributed by atoms with van der Waals surface area (Å²) >= 11 is 0. The van der Waals surface area contributed by atoms with Crippen LogP contribution < -0.4 is 4.74 Å². The van der Waals surface area contributed by atoms with Crippen LogP contribution in [0.15, 0.2) is 53.6 Å². The molecule has 0 saturated heterocycles. The second kappa shape index (κ2) is 4.84. The SMILES string of the molecule is Cc1ccc(S(=O)(=O)n2ccc3c4c(ccc32)C(O)CO4)cc1. The van der Waals surface area contributed by atoms with Crippen molar-refractivity contribution in [2.45, 2.75) is 17.9 Å². The van der Waals surface area contributed by atoms with Crippen molar-refractivity contribution in [3.63, 3.8) is 0 Å². The molecule has 0 fully saturated rings. The Bertz CT molecular complexity index is 1000. The summed E-state index contributed by atoms with van der Waals surface area (Å²) in [5.74, 6) is 0.563. The van der Waals surface area contributed by atoms with E-state index in [1.165, 1.54) is 10.2 Å². The normalized spacial score (nSPS) is 17.2. The summed E-state index contributed by atoms with van der Waals surface area (Å²) in [5.41, 5.74) is 2.24. The van der Waals surface area contributed by atoms with Crippen molar-refractivity contribution in [1.82, 2.24) is 3.97 Å². The lowest BCUT2D eigenvalue weighted by atomic mass is 10.1. The van der Waals surface area contributed by atoms with E-state index >= 15 is 0 Å². The monoisotopic (exact) mass is 329 g/mol. The number of aliphatic hydroxyl groups excluding tert-OH is 1. The van der Waals surface area contributed by atoms with E-state index in [4.69, 9.17) is 4.74 Å². The number of benzene rings is 2. The summed E-state index contributed by atoms with van der Waals surface area (Å²) in [6.07, 6.45) is 0.861. The molecule has 3 aromatic rings. The number of hydrogen-bond donors (Lipinski definition) is 1. The average Bonchev–Trinajstić information content (AvgIpc) is 3.12. The van der Waals surface area contributed by atoms with Crippen LogP contribution in [0.2, 0.25) is 0 Å². The molecular formula is C17H15NO4S. The fraction of sp³-hybridized carbons (Fsp3) is 0.176. The van der Waals surface area contributed by atoms with Crippen LogP contribution in [0.1, 0.15) is 17.2 Å². The third-order valence-electron chi connectivity index (χ3n) is 4.14. The highest BCUT2D eigenvalue weighted by Gasteiger charge is 2.27. The molecule has 1 N–H and O–H groups in total. The van der Waals surface area contributed by atoms with Gasteiger partial charge in [0.2, 0.25) is 0 Å². The molecule has 5 nitrogen and oxygen atoms in total. The summed E-state index contributed by atoms with van der Waals surface area (Å²) in [4.78, 5) is 0.238. The number of hydrogen-bond acceptors (Lipinski definition) is 4. The van der Waals surface area contributed by atoms with Gasteiger partial charge in [0.15, 0.2) is 0 Å². The molecule has 0 aliphatic carbocycles. The number of nitrogens with zero attached hydrogens (tertiary/aromatic N) is 1. The molecule has 0 bridgehead atoms. The van der Waals surface area contributed by atoms with Crippen LogP contribution in [0.25, 0.3) is 10.9 Å². The lowest BCUT2D eigenvalue weighted by Crippen LogP contribution is -2.11. The van der Waals surface area contributed by atoms with Gasteiger partial charge in [-0.15, -0.1) is 0 Å². The minimum atomic E-state index is -3.67. The molecule has 2 aromatic carbocycles. The van der Waals surface area contributed by atoms with E-state index in [1.54, 1.807) is 42.5 Å². The first-order valence-electron chi connectivity index (χ1n) is 7.25. The minimum Gasteiger partial charge on any atom is -0.489 e. The largest absolute Gasteiger partial charge is 0.489 e. The van der Waals surface area contributed by atoms with Crippen LogP contribution in [0, 0.1) is 6.92 Å². The first-order chi connectivity index (χ1) is 11.0.